The number of hydrogen-bond donors (Lipinski definition) is 1. The van der Waals surface area contributed by atoms with Gasteiger partial charge in [-0.25, -0.2) is 0 Å². The van der Waals surface area contributed by atoms with E-state index in [1.54, 1.807) is 7.11 Å². The number of ether oxygens (including phenoxy) is 1. The molecular weight excluding hydrogens is 325 g/mol. The molecule has 2 rings (SSSR count). The van der Waals surface area contributed by atoms with Crippen molar-refractivity contribution in [3.8, 4) is 5.75 Å². The van der Waals surface area contributed by atoms with E-state index in [9.17, 15) is 0 Å². The zero-order chi connectivity index (χ0) is 14.0. The quantitative estimate of drug-likeness (QED) is 0.847. The molecule has 0 bridgehead atoms. The van der Waals surface area contributed by atoms with Crippen LogP contribution in [0.15, 0.2) is 28.9 Å². The molecule has 0 amide bonds. The van der Waals surface area contributed by atoms with E-state index in [2.05, 4.69) is 36.3 Å². The number of benzene rings is 1. The summed E-state index contributed by atoms with van der Waals surface area (Å²) < 4.78 is 5.30. The Kier molecular flexibility index (Phi) is 6.28. The van der Waals surface area contributed by atoms with Crippen LogP contribution in [0.3, 0.4) is 0 Å². The number of rotatable bonds is 3. The van der Waals surface area contributed by atoms with Crippen molar-refractivity contribution in [2.45, 2.75) is 34.1 Å². The fourth-order valence-corrected chi connectivity index (χ4v) is 2.36. The van der Waals surface area contributed by atoms with Gasteiger partial charge in [0.25, 0.3) is 0 Å². The van der Waals surface area contributed by atoms with E-state index >= 15 is 0 Å². The number of nitrogens with zero attached hydrogens (tertiary/aromatic N) is 1. The van der Waals surface area contributed by atoms with Gasteiger partial charge in [0.15, 0.2) is 0 Å². The summed E-state index contributed by atoms with van der Waals surface area (Å²) in [7, 11) is 1.70. The fourth-order valence-electron chi connectivity index (χ4n) is 2.36. The molecule has 4 heteroatoms. The third-order valence-electron chi connectivity index (χ3n) is 3.23. The van der Waals surface area contributed by atoms with Gasteiger partial charge in [-0.05, 0) is 60.6 Å². The molecule has 1 aliphatic heterocycles. The van der Waals surface area contributed by atoms with Gasteiger partial charge in [-0.3, -0.25) is 0 Å². The minimum atomic E-state index is 0. The number of amidine groups is 1. The van der Waals surface area contributed by atoms with E-state index in [4.69, 9.17) is 4.74 Å². The maximum absolute atomic E-state index is 5.30. The van der Waals surface area contributed by atoms with Gasteiger partial charge in [-0.1, -0.05) is 19.9 Å². The Hall–Kier alpha value is -0.796. The Balaban J connectivity index is 0.00000200. The average molecular weight is 346 g/mol. The molecule has 1 N–H and O–H groups in total. The molecule has 1 aromatic rings. The predicted octanol–water partition coefficient (Wildman–Crippen LogP) is 3.70. The van der Waals surface area contributed by atoms with Crippen molar-refractivity contribution >= 4 is 11.4 Å². The van der Waals surface area contributed by atoms with Crippen LogP contribution in [-0.4, -0.2) is 12.9 Å². The normalized spacial score (nSPS) is 15.9. The molecule has 0 spiro atoms. The first-order valence-corrected chi connectivity index (χ1v) is 6.50. The summed E-state index contributed by atoms with van der Waals surface area (Å²) in [6.07, 6.45) is 0.864. The molecule has 3 nitrogen and oxygen atoms in total. The van der Waals surface area contributed by atoms with Gasteiger partial charge in [-0.15, -0.1) is 6.04 Å². The molecular formula is C16H21N2OY-. The minimum Gasteiger partial charge on any atom is -0.496 e. The molecule has 0 atom stereocenters. The van der Waals surface area contributed by atoms with E-state index in [0.717, 1.165) is 29.6 Å². The number of methoxy groups -OCH3 is 1. The Morgan fingerprint density at radius 1 is 1.25 bits per heavy atom. The first-order chi connectivity index (χ1) is 9.01. The van der Waals surface area contributed by atoms with Gasteiger partial charge >= 0.3 is 0 Å². The summed E-state index contributed by atoms with van der Waals surface area (Å²) in [5.41, 5.74) is 4.89. The third-order valence-corrected chi connectivity index (χ3v) is 3.23. The van der Waals surface area contributed by atoms with Gasteiger partial charge in [0.2, 0.25) is 0 Å². The van der Waals surface area contributed by atoms with Crippen LogP contribution in [0.1, 0.15) is 38.3 Å². The van der Waals surface area contributed by atoms with Gasteiger partial charge < -0.3 is 15.0 Å². The summed E-state index contributed by atoms with van der Waals surface area (Å²) >= 11 is 0. The van der Waals surface area contributed by atoms with Gasteiger partial charge in [-0.2, -0.15) is 0 Å². The van der Waals surface area contributed by atoms with Crippen LogP contribution in [0, 0.1) is 13.0 Å². The second-order valence-corrected chi connectivity index (χ2v) is 5.10. The zero-order valence-electron chi connectivity index (χ0n) is 12.9. The zero-order valence-corrected chi connectivity index (χ0v) is 15.7. The SMILES string of the molecule is COc1ccc(C2=C(C)NC(=N[C-](C)C)C2)cc1C.[Y]. The number of aryl methyl sites for hydroxylation is 1. The largest absolute Gasteiger partial charge is 0.496 e. The van der Waals surface area contributed by atoms with Crippen molar-refractivity contribution in [1.29, 1.82) is 0 Å². The summed E-state index contributed by atoms with van der Waals surface area (Å²) in [4.78, 5) is 4.51. The molecule has 1 heterocycles. The van der Waals surface area contributed by atoms with Gasteiger partial charge in [0.05, 0.1) is 7.11 Å². The molecule has 1 radical (unpaired) electrons. The number of aliphatic imine (C=N–C) groups is 1. The standard InChI is InChI=1S/C16H21N2O.Y/c1-10(2)17-16-9-14(12(4)18-16)13-6-7-15(19-5)11(3)8-13;/h6-8H,9H2,1-5H3,(H,17,18);/q-1;. The molecule has 0 fully saturated rings. The Morgan fingerprint density at radius 3 is 2.50 bits per heavy atom. The first kappa shape index (κ1) is 17.3. The maximum Gasteiger partial charge on any atom is 0.121 e. The minimum absolute atomic E-state index is 0. The van der Waals surface area contributed by atoms with E-state index < -0.39 is 0 Å². The summed E-state index contributed by atoms with van der Waals surface area (Å²) in [5, 5.41) is 3.36. The van der Waals surface area contributed by atoms with E-state index in [-0.39, 0.29) is 32.7 Å². The number of nitrogens with one attached hydrogen (secondary N) is 1. The van der Waals surface area contributed by atoms with Crippen molar-refractivity contribution in [1.82, 2.24) is 5.32 Å². The first-order valence-electron chi connectivity index (χ1n) is 6.50. The van der Waals surface area contributed by atoms with E-state index in [1.165, 1.54) is 16.8 Å². The van der Waals surface area contributed by atoms with Crippen LogP contribution < -0.4 is 10.1 Å². The topological polar surface area (TPSA) is 33.6 Å². The second-order valence-electron chi connectivity index (χ2n) is 5.10. The Morgan fingerprint density at radius 2 is 1.95 bits per heavy atom. The predicted molar refractivity (Wildman–Crippen MR) is 80.1 cm³/mol. The van der Waals surface area contributed by atoms with Gasteiger partial charge in [0.1, 0.15) is 5.75 Å². The molecule has 0 unspecified atom stereocenters. The van der Waals surface area contributed by atoms with Crippen molar-refractivity contribution in [3.05, 3.63) is 41.1 Å². The maximum atomic E-state index is 5.30. The van der Waals surface area contributed by atoms with Crippen molar-refractivity contribution in [3.63, 3.8) is 0 Å². The van der Waals surface area contributed by atoms with E-state index in [1.807, 2.05) is 19.9 Å². The smallest absolute Gasteiger partial charge is 0.121 e. The monoisotopic (exact) mass is 346 g/mol. The molecule has 1 aromatic carbocycles. The van der Waals surface area contributed by atoms with Crippen LogP contribution in [0.25, 0.3) is 5.57 Å². The van der Waals surface area contributed by atoms with Crippen molar-refractivity contribution in [2.75, 3.05) is 7.11 Å². The Labute approximate surface area is 146 Å². The average Bonchev–Trinajstić information content (AvgIpc) is 2.69. The van der Waals surface area contributed by atoms with Gasteiger partial charge in [0, 0.05) is 32.7 Å². The molecule has 0 aromatic heterocycles. The molecule has 20 heavy (non-hydrogen) atoms. The second kappa shape index (κ2) is 7.28. The summed E-state index contributed by atoms with van der Waals surface area (Å²) in [6.45, 7) is 8.20. The van der Waals surface area contributed by atoms with Crippen LogP contribution in [0.5, 0.6) is 5.75 Å². The van der Waals surface area contributed by atoms with Crippen LogP contribution in [0.2, 0.25) is 0 Å². The molecule has 0 aliphatic carbocycles. The summed E-state index contributed by atoms with van der Waals surface area (Å²) in [5.74, 6) is 1.96. The number of hydrogen-bond acceptors (Lipinski definition) is 2. The number of allylic oxidation sites excluding steroid dienone is 1. The van der Waals surface area contributed by atoms with Crippen molar-refractivity contribution < 1.29 is 37.4 Å². The van der Waals surface area contributed by atoms with Crippen LogP contribution in [0.4, 0.5) is 0 Å². The van der Waals surface area contributed by atoms with Crippen LogP contribution >= 0.6 is 0 Å². The molecule has 105 valence electrons. The van der Waals surface area contributed by atoms with Crippen LogP contribution in [-0.2, 0) is 32.7 Å². The molecule has 0 saturated carbocycles. The van der Waals surface area contributed by atoms with E-state index in [0.29, 0.717) is 0 Å². The molecule has 0 saturated heterocycles. The fraction of sp³-hybridized carbons (Fsp3) is 0.375. The van der Waals surface area contributed by atoms with Crippen molar-refractivity contribution in [2.24, 2.45) is 4.99 Å². The Bertz CT molecular complexity index is 547. The molecule has 1 aliphatic rings. The summed E-state index contributed by atoms with van der Waals surface area (Å²) in [6, 6.07) is 7.38. The third kappa shape index (κ3) is 3.86.